The fourth-order valence-corrected chi connectivity index (χ4v) is 4.83. The Morgan fingerprint density at radius 1 is 0.730 bits per heavy atom. The standard InChI is InChI=1S/C29H28FN7/c30-24-13-11-23(12-14-24)26-25-27(31)37(20-22-9-5-2-6-10-22)34-28(25)33-29(32-26)36-17-15-35(16-18-36)19-21-7-3-1-4-8-21/h1-14H,15-20,31H2. The van der Waals surface area contributed by atoms with E-state index < -0.39 is 0 Å². The average molecular weight is 494 g/mol. The third-order valence-electron chi connectivity index (χ3n) is 6.82. The highest BCUT2D eigenvalue weighted by molar-refractivity contribution is 5.99. The maximum Gasteiger partial charge on any atom is 0.228 e. The van der Waals surface area contributed by atoms with Gasteiger partial charge in [-0.1, -0.05) is 60.7 Å². The van der Waals surface area contributed by atoms with Gasteiger partial charge >= 0.3 is 0 Å². The topological polar surface area (TPSA) is 76.1 Å². The van der Waals surface area contributed by atoms with Crippen molar-refractivity contribution >= 4 is 22.8 Å². The number of anilines is 2. The molecule has 0 amide bonds. The molecule has 0 spiro atoms. The van der Waals surface area contributed by atoms with Crippen LogP contribution in [-0.4, -0.2) is 50.8 Å². The summed E-state index contributed by atoms with van der Waals surface area (Å²) in [5.41, 5.74) is 11.0. The van der Waals surface area contributed by atoms with Crippen molar-refractivity contribution in [1.29, 1.82) is 0 Å². The van der Waals surface area contributed by atoms with Crippen LogP contribution in [0, 0.1) is 5.82 Å². The molecular formula is C29H28FN7. The molecule has 0 aliphatic carbocycles. The minimum atomic E-state index is -0.295. The Hall–Kier alpha value is -4.30. The fourth-order valence-electron chi connectivity index (χ4n) is 4.83. The van der Waals surface area contributed by atoms with Crippen molar-refractivity contribution in [3.05, 3.63) is 102 Å². The molecule has 3 aromatic carbocycles. The molecule has 2 N–H and O–H groups in total. The minimum Gasteiger partial charge on any atom is -0.383 e. The van der Waals surface area contributed by atoms with Gasteiger partial charge in [0.15, 0.2) is 5.65 Å². The van der Waals surface area contributed by atoms with Crippen molar-refractivity contribution in [2.24, 2.45) is 0 Å². The first-order valence-electron chi connectivity index (χ1n) is 12.5. The Bertz CT molecular complexity index is 1490. The predicted molar refractivity (Wildman–Crippen MR) is 145 cm³/mol. The van der Waals surface area contributed by atoms with Crippen LogP contribution in [0.25, 0.3) is 22.3 Å². The number of piperazine rings is 1. The zero-order chi connectivity index (χ0) is 25.2. The molecule has 7 nitrogen and oxygen atoms in total. The molecule has 1 aliphatic heterocycles. The molecule has 8 heteroatoms. The third kappa shape index (κ3) is 4.88. The molecule has 0 unspecified atom stereocenters. The van der Waals surface area contributed by atoms with Crippen LogP contribution in [0.3, 0.4) is 0 Å². The van der Waals surface area contributed by atoms with Crippen LogP contribution >= 0.6 is 0 Å². The molecule has 6 rings (SSSR count). The van der Waals surface area contributed by atoms with Gasteiger partial charge in [-0.25, -0.2) is 14.1 Å². The van der Waals surface area contributed by atoms with Crippen molar-refractivity contribution in [3.8, 4) is 11.3 Å². The molecule has 0 bridgehead atoms. The van der Waals surface area contributed by atoms with E-state index in [0.717, 1.165) is 43.9 Å². The smallest absolute Gasteiger partial charge is 0.228 e. The lowest BCUT2D eigenvalue weighted by atomic mass is 10.1. The van der Waals surface area contributed by atoms with Crippen molar-refractivity contribution in [2.75, 3.05) is 36.8 Å². The zero-order valence-electron chi connectivity index (χ0n) is 20.5. The van der Waals surface area contributed by atoms with Crippen LogP contribution < -0.4 is 10.6 Å². The summed E-state index contributed by atoms with van der Waals surface area (Å²) in [6.07, 6.45) is 0. The highest BCUT2D eigenvalue weighted by atomic mass is 19.1. The monoisotopic (exact) mass is 493 g/mol. The summed E-state index contributed by atoms with van der Waals surface area (Å²) in [5.74, 6) is 0.824. The second kappa shape index (κ2) is 9.99. The highest BCUT2D eigenvalue weighted by Gasteiger charge is 2.24. The molecule has 186 valence electrons. The van der Waals surface area contributed by atoms with Gasteiger partial charge in [-0.15, -0.1) is 5.10 Å². The fraction of sp³-hybridized carbons (Fsp3) is 0.207. The SMILES string of the molecule is Nc1c2c(-c3ccc(F)cc3)nc(N3CCN(Cc4ccccc4)CC3)nc2nn1Cc1ccccc1. The zero-order valence-corrected chi connectivity index (χ0v) is 20.5. The van der Waals surface area contributed by atoms with Crippen molar-refractivity contribution in [2.45, 2.75) is 13.1 Å². The van der Waals surface area contributed by atoms with E-state index in [-0.39, 0.29) is 5.82 Å². The van der Waals surface area contributed by atoms with E-state index in [1.54, 1.807) is 16.8 Å². The number of hydrogen-bond acceptors (Lipinski definition) is 6. The number of nitrogens with zero attached hydrogens (tertiary/aromatic N) is 6. The van der Waals surface area contributed by atoms with Gasteiger partial charge in [-0.3, -0.25) is 4.90 Å². The van der Waals surface area contributed by atoms with E-state index in [1.807, 2.05) is 36.4 Å². The largest absolute Gasteiger partial charge is 0.383 e. The highest BCUT2D eigenvalue weighted by Crippen LogP contribution is 2.33. The minimum absolute atomic E-state index is 0.295. The Morgan fingerprint density at radius 3 is 2.00 bits per heavy atom. The molecule has 37 heavy (non-hydrogen) atoms. The molecule has 0 radical (unpaired) electrons. The van der Waals surface area contributed by atoms with E-state index in [9.17, 15) is 4.39 Å². The van der Waals surface area contributed by atoms with Gasteiger partial charge in [-0.05, 0) is 35.4 Å². The Labute approximate surface area is 215 Å². The molecule has 0 saturated carbocycles. The van der Waals surface area contributed by atoms with Crippen LogP contribution in [0.1, 0.15) is 11.1 Å². The van der Waals surface area contributed by atoms with Crippen molar-refractivity contribution in [3.63, 3.8) is 0 Å². The van der Waals surface area contributed by atoms with Crippen LogP contribution in [0.15, 0.2) is 84.9 Å². The van der Waals surface area contributed by atoms with Crippen molar-refractivity contribution < 1.29 is 4.39 Å². The number of hydrogen-bond donors (Lipinski definition) is 1. The van der Waals surface area contributed by atoms with E-state index in [0.29, 0.717) is 35.0 Å². The van der Waals surface area contributed by atoms with E-state index in [2.05, 4.69) is 34.1 Å². The van der Waals surface area contributed by atoms with Crippen LogP contribution in [0.5, 0.6) is 0 Å². The number of aromatic nitrogens is 4. The van der Waals surface area contributed by atoms with Crippen LogP contribution in [0.4, 0.5) is 16.2 Å². The van der Waals surface area contributed by atoms with Gasteiger partial charge in [0.1, 0.15) is 11.6 Å². The summed E-state index contributed by atoms with van der Waals surface area (Å²) < 4.78 is 15.5. The molecular weight excluding hydrogens is 465 g/mol. The third-order valence-corrected chi connectivity index (χ3v) is 6.82. The molecule has 3 heterocycles. The van der Waals surface area contributed by atoms with E-state index >= 15 is 0 Å². The summed E-state index contributed by atoms with van der Waals surface area (Å²) in [6.45, 7) is 4.89. The summed E-state index contributed by atoms with van der Waals surface area (Å²) in [4.78, 5) is 14.4. The quantitative estimate of drug-likeness (QED) is 0.373. The Morgan fingerprint density at radius 2 is 1.35 bits per heavy atom. The molecule has 1 fully saturated rings. The molecule has 1 saturated heterocycles. The summed E-state index contributed by atoms with van der Waals surface area (Å²) in [7, 11) is 0. The molecule has 2 aromatic heterocycles. The Kier molecular flexibility index (Phi) is 6.24. The normalized spacial score (nSPS) is 14.4. The number of nitrogen functional groups attached to an aromatic ring is 1. The number of nitrogens with two attached hydrogens (primary N) is 1. The lowest BCUT2D eigenvalue weighted by Gasteiger charge is -2.34. The van der Waals surface area contributed by atoms with Gasteiger partial charge in [0, 0.05) is 38.3 Å². The summed E-state index contributed by atoms with van der Waals surface area (Å²) in [6, 6.07) is 26.9. The lowest BCUT2D eigenvalue weighted by molar-refractivity contribution is 0.249. The van der Waals surface area contributed by atoms with Crippen molar-refractivity contribution in [1.82, 2.24) is 24.6 Å². The summed E-state index contributed by atoms with van der Waals surface area (Å²) >= 11 is 0. The first-order chi connectivity index (χ1) is 18.1. The molecule has 5 aromatic rings. The first kappa shape index (κ1) is 23.1. The van der Waals surface area contributed by atoms with Gasteiger partial charge in [0.25, 0.3) is 0 Å². The first-order valence-corrected chi connectivity index (χ1v) is 12.5. The second-order valence-electron chi connectivity index (χ2n) is 9.35. The second-order valence-corrected chi connectivity index (χ2v) is 9.35. The number of benzene rings is 3. The van der Waals surface area contributed by atoms with Crippen LogP contribution in [-0.2, 0) is 13.1 Å². The van der Waals surface area contributed by atoms with Gasteiger partial charge < -0.3 is 10.6 Å². The summed E-state index contributed by atoms with van der Waals surface area (Å²) in [5, 5.41) is 5.46. The van der Waals surface area contributed by atoms with Gasteiger partial charge in [0.05, 0.1) is 17.6 Å². The number of halogens is 1. The molecule has 0 atom stereocenters. The average Bonchev–Trinajstić information content (AvgIpc) is 3.25. The maximum absolute atomic E-state index is 13.7. The predicted octanol–water partition coefficient (Wildman–Crippen LogP) is 4.59. The van der Waals surface area contributed by atoms with E-state index in [4.69, 9.17) is 20.8 Å². The van der Waals surface area contributed by atoms with Gasteiger partial charge in [0.2, 0.25) is 5.95 Å². The van der Waals surface area contributed by atoms with E-state index in [1.165, 1.54) is 17.7 Å². The van der Waals surface area contributed by atoms with Crippen LogP contribution in [0.2, 0.25) is 0 Å². The number of rotatable bonds is 6. The lowest BCUT2D eigenvalue weighted by Crippen LogP contribution is -2.46. The maximum atomic E-state index is 13.7. The Balaban J connectivity index is 1.33. The number of fused-ring (bicyclic) bond motifs is 1. The van der Waals surface area contributed by atoms with Gasteiger partial charge in [-0.2, -0.15) is 4.98 Å². The molecule has 1 aliphatic rings.